The second-order valence-electron chi connectivity index (χ2n) is 7.95. The Kier molecular flexibility index (Phi) is 6.66. The quantitative estimate of drug-likeness (QED) is 0.491. The van der Waals surface area contributed by atoms with Crippen LogP contribution in [0.3, 0.4) is 0 Å². The van der Waals surface area contributed by atoms with Crippen molar-refractivity contribution in [1.82, 2.24) is 10.3 Å². The summed E-state index contributed by atoms with van der Waals surface area (Å²) in [5.41, 5.74) is -0.502. The number of aromatic nitrogens is 1. The molecule has 4 rings (SSSR count). The van der Waals surface area contributed by atoms with Gasteiger partial charge in [-0.25, -0.2) is 17.8 Å². The van der Waals surface area contributed by atoms with Gasteiger partial charge in [-0.15, -0.1) is 0 Å². The minimum absolute atomic E-state index is 0.129. The number of rotatable bonds is 6. The maximum atomic E-state index is 13.4. The van der Waals surface area contributed by atoms with Gasteiger partial charge in [-0.05, 0) is 55.0 Å². The van der Waals surface area contributed by atoms with Crippen LogP contribution in [0.25, 0.3) is 0 Å². The first-order chi connectivity index (χ1) is 16.5. The smallest absolute Gasteiger partial charge is 0.354 e. The topological polar surface area (TPSA) is 91.4 Å². The summed E-state index contributed by atoms with van der Waals surface area (Å²) in [6.45, 7) is 0.854. The van der Waals surface area contributed by atoms with Gasteiger partial charge in [0, 0.05) is 36.6 Å². The molecule has 0 saturated carbocycles. The Bertz CT molecular complexity index is 1330. The van der Waals surface area contributed by atoms with Crippen LogP contribution in [-0.4, -0.2) is 38.4 Å². The third-order valence-corrected chi connectivity index (χ3v) is 6.78. The van der Waals surface area contributed by atoms with Crippen LogP contribution >= 0.6 is 0 Å². The lowest BCUT2D eigenvalue weighted by Crippen LogP contribution is -2.37. The van der Waals surface area contributed by atoms with Crippen LogP contribution < -0.4 is 14.9 Å². The lowest BCUT2D eigenvalue weighted by Gasteiger charge is -2.18. The molecule has 1 unspecified atom stereocenters. The predicted molar refractivity (Wildman–Crippen MR) is 121 cm³/mol. The number of anilines is 2. The molecule has 1 fully saturated rings. The van der Waals surface area contributed by atoms with E-state index in [-0.39, 0.29) is 22.2 Å². The number of halogens is 4. The number of benzene rings is 2. The molecular weight excluding hydrogens is 488 g/mol. The molecule has 35 heavy (non-hydrogen) atoms. The average molecular weight is 508 g/mol. The molecule has 12 heteroatoms. The van der Waals surface area contributed by atoms with Crippen molar-refractivity contribution in [2.45, 2.75) is 23.5 Å². The van der Waals surface area contributed by atoms with Gasteiger partial charge in [-0.2, -0.15) is 13.2 Å². The number of nitrogens with zero attached hydrogens (tertiary/aromatic N) is 2. The fourth-order valence-corrected chi connectivity index (χ4v) is 4.75. The Balaban J connectivity index is 1.39. The number of amides is 1. The van der Waals surface area contributed by atoms with Crippen LogP contribution in [0.2, 0.25) is 0 Å². The molecule has 3 aromatic rings. The summed E-state index contributed by atoms with van der Waals surface area (Å²) < 4.78 is 78.9. The van der Waals surface area contributed by atoms with Gasteiger partial charge in [-0.1, -0.05) is 12.1 Å². The minimum atomic E-state index is -4.47. The maximum Gasteiger partial charge on any atom is 0.417 e. The van der Waals surface area contributed by atoms with Crippen LogP contribution in [0.4, 0.5) is 29.1 Å². The molecule has 1 atom stereocenters. The Morgan fingerprint density at radius 3 is 2.51 bits per heavy atom. The van der Waals surface area contributed by atoms with Crippen LogP contribution in [0.15, 0.2) is 71.8 Å². The molecule has 0 spiro atoms. The van der Waals surface area contributed by atoms with E-state index in [9.17, 15) is 30.8 Å². The highest BCUT2D eigenvalue weighted by atomic mass is 32.2. The molecular formula is C23H20F4N4O3S. The molecule has 2 N–H and O–H groups in total. The van der Waals surface area contributed by atoms with Gasteiger partial charge in [0.2, 0.25) is 0 Å². The van der Waals surface area contributed by atoms with Crippen LogP contribution in [0.5, 0.6) is 0 Å². The second kappa shape index (κ2) is 9.53. The normalized spacial score (nSPS) is 16.2. The highest BCUT2D eigenvalue weighted by Crippen LogP contribution is 2.30. The van der Waals surface area contributed by atoms with Crippen LogP contribution in [-0.2, 0) is 16.2 Å². The zero-order valence-electron chi connectivity index (χ0n) is 18.1. The summed E-state index contributed by atoms with van der Waals surface area (Å²) in [5, 5.41) is 2.84. The van der Waals surface area contributed by atoms with Crippen molar-refractivity contribution in [3.8, 4) is 0 Å². The number of sulfonamides is 1. The molecule has 1 aromatic heterocycles. The number of alkyl halides is 3. The van der Waals surface area contributed by atoms with Crippen molar-refractivity contribution in [3.63, 3.8) is 0 Å². The van der Waals surface area contributed by atoms with E-state index in [1.165, 1.54) is 42.5 Å². The third kappa shape index (κ3) is 5.88. The summed E-state index contributed by atoms with van der Waals surface area (Å²) in [4.78, 5) is 18.1. The average Bonchev–Trinajstić information content (AvgIpc) is 3.27. The van der Waals surface area contributed by atoms with Crippen LogP contribution in [0, 0.1) is 5.82 Å². The molecule has 1 aliphatic rings. The number of nitrogens with one attached hydrogen (secondary N) is 2. The van der Waals surface area contributed by atoms with E-state index >= 15 is 0 Å². The molecule has 2 heterocycles. The molecule has 0 aliphatic carbocycles. The summed E-state index contributed by atoms with van der Waals surface area (Å²) in [5.74, 6) is -0.759. The minimum Gasteiger partial charge on any atom is -0.354 e. The zero-order valence-corrected chi connectivity index (χ0v) is 18.9. The Labute approximate surface area is 198 Å². The zero-order chi connectivity index (χ0) is 25.2. The number of carbonyl (C=O) groups excluding carboxylic acids is 1. The number of hydrogen-bond acceptors (Lipinski definition) is 5. The predicted octanol–water partition coefficient (Wildman–Crippen LogP) is 4.05. The molecule has 0 radical (unpaired) electrons. The van der Waals surface area contributed by atoms with Gasteiger partial charge < -0.3 is 10.2 Å². The fraction of sp³-hybridized carbons (Fsp3) is 0.217. The first-order valence-electron chi connectivity index (χ1n) is 10.5. The number of carbonyl (C=O) groups is 1. The fourth-order valence-electron chi connectivity index (χ4n) is 3.67. The van der Waals surface area contributed by atoms with Gasteiger partial charge in [0.15, 0.2) is 0 Å². The Morgan fingerprint density at radius 1 is 1.06 bits per heavy atom. The van der Waals surface area contributed by atoms with Crippen molar-refractivity contribution >= 4 is 27.4 Å². The Morgan fingerprint density at radius 2 is 1.83 bits per heavy atom. The summed E-state index contributed by atoms with van der Waals surface area (Å²) >= 11 is 0. The first-order valence-corrected chi connectivity index (χ1v) is 12.0. The highest BCUT2D eigenvalue weighted by Gasteiger charge is 2.31. The third-order valence-electron chi connectivity index (χ3n) is 5.41. The van der Waals surface area contributed by atoms with E-state index in [0.717, 1.165) is 24.4 Å². The van der Waals surface area contributed by atoms with Crippen molar-refractivity contribution in [1.29, 1.82) is 0 Å². The lowest BCUT2D eigenvalue weighted by atomic mass is 10.1. The van der Waals surface area contributed by atoms with E-state index in [1.807, 2.05) is 0 Å². The first kappa shape index (κ1) is 24.5. The maximum absolute atomic E-state index is 13.4. The standard InChI is InChI=1S/C23H20F4N4O3S/c24-17-4-2-6-20(12-17)35(33,34)30-18-5-1-3-15(11-18)22(32)29-19-9-10-31(14-19)21-8-7-16(13-28-21)23(25,26)27/h1-8,11-13,19,30H,9-10,14H2,(H,29,32). The van der Waals surface area contributed by atoms with Gasteiger partial charge in [-0.3, -0.25) is 9.52 Å². The molecule has 2 aromatic carbocycles. The van der Waals surface area contributed by atoms with Crippen molar-refractivity contribution in [3.05, 3.63) is 83.8 Å². The van der Waals surface area contributed by atoms with Crippen molar-refractivity contribution in [2.24, 2.45) is 0 Å². The second-order valence-corrected chi connectivity index (χ2v) is 9.63. The van der Waals surface area contributed by atoms with Gasteiger partial charge in [0.1, 0.15) is 11.6 Å². The largest absolute Gasteiger partial charge is 0.417 e. The number of hydrogen-bond donors (Lipinski definition) is 2. The molecule has 1 saturated heterocycles. The highest BCUT2D eigenvalue weighted by molar-refractivity contribution is 7.92. The summed E-state index contributed by atoms with van der Waals surface area (Å²) in [6, 6.07) is 12.4. The summed E-state index contributed by atoms with van der Waals surface area (Å²) in [7, 11) is -4.06. The molecule has 0 bridgehead atoms. The van der Waals surface area contributed by atoms with Crippen molar-refractivity contribution < 1.29 is 30.8 Å². The van der Waals surface area contributed by atoms with Crippen LogP contribution in [0.1, 0.15) is 22.3 Å². The molecule has 184 valence electrons. The summed E-state index contributed by atoms with van der Waals surface area (Å²) in [6.07, 6.45) is -3.13. The molecule has 1 amide bonds. The molecule has 1 aliphatic heterocycles. The van der Waals surface area contributed by atoms with E-state index < -0.39 is 33.5 Å². The lowest BCUT2D eigenvalue weighted by molar-refractivity contribution is -0.137. The SMILES string of the molecule is O=C(NC1CCN(c2ccc(C(F)(F)F)cn2)C1)c1cccc(NS(=O)(=O)c2cccc(F)c2)c1. The van der Waals surface area contributed by atoms with E-state index in [1.54, 1.807) is 4.90 Å². The van der Waals surface area contributed by atoms with Crippen molar-refractivity contribution in [2.75, 3.05) is 22.7 Å². The number of pyridine rings is 1. The monoisotopic (exact) mass is 508 g/mol. The van der Waals surface area contributed by atoms with Gasteiger partial charge in [0.25, 0.3) is 15.9 Å². The van der Waals surface area contributed by atoms with E-state index in [4.69, 9.17) is 0 Å². The van der Waals surface area contributed by atoms with E-state index in [0.29, 0.717) is 25.3 Å². The van der Waals surface area contributed by atoms with E-state index in [2.05, 4.69) is 15.0 Å². The Hall–Kier alpha value is -3.67. The van der Waals surface area contributed by atoms with Gasteiger partial charge >= 0.3 is 6.18 Å². The molecule has 7 nitrogen and oxygen atoms in total. The van der Waals surface area contributed by atoms with Gasteiger partial charge in [0.05, 0.1) is 10.5 Å².